The van der Waals surface area contributed by atoms with Crippen LogP contribution in [0.15, 0.2) is 30.3 Å². The number of para-hydroxylation sites is 1. The van der Waals surface area contributed by atoms with E-state index in [9.17, 15) is 4.79 Å². The zero-order valence-electron chi connectivity index (χ0n) is 10.8. The molecular weight excluding hydrogens is 226 g/mol. The van der Waals surface area contributed by atoms with E-state index in [1.165, 1.54) is 5.56 Å². The Labute approximate surface area is 106 Å². The molecular formula is C14H17N3O. The van der Waals surface area contributed by atoms with Crippen molar-refractivity contribution in [1.82, 2.24) is 9.99 Å². The molecule has 0 unspecified atom stereocenters. The fourth-order valence-corrected chi connectivity index (χ4v) is 2.26. The maximum absolute atomic E-state index is 11.7. The Hall–Kier alpha value is -2.07. The molecule has 0 aliphatic carbocycles. The first-order valence-corrected chi connectivity index (χ1v) is 5.82. The van der Waals surface area contributed by atoms with Gasteiger partial charge in [0.2, 0.25) is 0 Å². The molecule has 1 heterocycles. The van der Waals surface area contributed by atoms with Crippen LogP contribution in [-0.2, 0) is 0 Å². The first-order valence-electron chi connectivity index (χ1n) is 5.82. The van der Waals surface area contributed by atoms with Gasteiger partial charge in [0.25, 0.3) is 5.91 Å². The maximum atomic E-state index is 11.7. The number of nitrogens with zero attached hydrogens (tertiary/aromatic N) is 1. The molecule has 1 aromatic heterocycles. The van der Waals surface area contributed by atoms with Crippen molar-refractivity contribution >= 4 is 5.91 Å². The van der Waals surface area contributed by atoms with E-state index in [4.69, 9.17) is 5.84 Å². The minimum Gasteiger partial charge on any atom is -0.317 e. The summed E-state index contributed by atoms with van der Waals surface area (Å²) in [5, 5.41) is 0. The molecule has 0 saturated heterocycles. The largest absolute Gasteiger partial charge is 0.317 e. The van der Waals surface area contributed by atoms with Crippen LogP contribution in [0, 0.1) is 20.8 Å². The maximum Gasteiger partial charge on any atom is 0.267 e. The van der Waals surface area contributed by atoms with Crippen LogP contribution in [0.4, 0.5) is 0 Å². The summed E-state index contributed by atoms with van der Waals surface area (Å²) in [5.74, 6) is 4.93. The van der Waals surface area contributed by atoms with E-state index in [0.29, 0.717) is 5.56 Å². The molecule has 3 N–H and O–H groups in total. The van der Waals surface area contributed by atoms with Crippen molar-refractivity contribution in [2.75, 3.05) is 0 Å². The second-order valence-corrected chi connectivity index (χ2v) is 4.38. The highest BCUT2D eigenvalue weighted by Crippen LogP contribution is 2.22. The van der Waals surface area contributed by atoms with Gasteiger partial charge < -0.3 is 4.57 Å². The second kappa shape index (κ2) is 4.66. The molecule has 0 atom stereocenters. The van der Waals surface area contributed by atoms with E-state index in [1.54, 1.807) is 0 Å². The summed E-state index contributed by atoms with van der Waals surface area (Å²) < 4.78 is 2.07. The Kier molecular flexibility index (Phi) is 3.21. The monoisotopic (exact) mass is 243 g/mol. The summed E-state index contributed by atoms with van der Waals surface area (Å²) >= 11 is 0. The van der Waals surface area contributed by atoms with Gasteiger partial charge in [-0.1, -0.05) is 18.2 Å². The Morgan fingerprint density at radius 1 is 1.22 bits per heavy atom. The number of aromatic nitrogens is 1. The molecule has 0 aliphatic heterocycles. The molecule has 0 radical (unpaired) electrons. The predicted octanol–water partition coefficient (Wildman–Crippen LogP) is 2.01. The molecule has 2 rings (SSSR count). The SMILES string of the molecule is Cc1ccccc1-n1c(C)cc(C(=O)NN)c1C. The van der Waals surface area contributed by atoms with Crippen molar-refractivity contribution < 1.29 is 4.79 Å². The van der Waals surface area contributed by atoms with Gasteiger partial charge in [-0.25, -0.2) is 5.84 Å². The van der Waals surface area contributed by atoms with Crippen LogP contribution in [0.3, 0.4) is 0 Å². The molecule has 1 aromatic carbocycles. The summed E-state index contributed by atoms with van der Waals surface area (Å²) in [6, 6.07) is 9.94. The third-order valence-electron chi connectivity index (χ3n) is 3.16. The van der Waals surface area contributed by atoms with Crippen molar-refractivity contribution in [2.24, 2.45) is 5.84 Å². The topological polar surface area (TPSA) is 60.0 Å². The van der Waals surface area contributed by atoms with Gasteiger partial charge in [-0.2, -0.15) is 0 Å². The molecule has 4 nitrogen and oxygen atoms in total. The lowest BCUT2D eigenvalue weighted by molar-refractivity contribution is 0.0953. The summed E-state index contributed by atoms with van der Waals surface area (Å²) in [4.78, 5) is 11.7. The molecule has 0 saturated carbocycles. The fourth-order valence-electron chi connectivity index (χ4n) is 2.26. The third kappa shape index (κ3) is 1.91. The first-order chi connectivity index (χ1) is 8.56. The van der Waals surface area contributed by atoms with E-state index in [2.05, 4.69) is 23.0 Å². The Bertz CT molecular complexity index is 599. The molecule has 0 fully saturated rings. The number of hydrazine groups is 1. The zero-order chi connectivity index (χ0) is 13.3. The number of carbonyl (C=O) groups is 1. The van der Waals surface area contributed by atoms with Crippen LogP contribution in [0.2, 0.25) is 0 Å². The third-order valence-corrected chi connectivity index (χ3v) is 3.16. The highest BCUT2D eigenvalue weighted by Gasteiger charge is 2.16. The van der Waals surface area contributed by atoms with Crippen molar-refractivity contribution in [1.29, 1.82) is 0 Å². The fraction of sp³-hybridized carbons (Fsp3) is 0.214. The average molecular weight is 243 g/mol. The Morgan fingerprint density at radius 3 is 2.50 bits per heavy atom. The number of hydrogen-bond acceptors (Lipinski definition) is 2. The van der Waals surface area contributed by atoms with E-state index >= 15 is 0 Å². The molecule has 0 aliphatic rings. The standard InChI is InChI=1S/C14H17N3O/c1-9-6-4-5-7-13(9)17-10(2)8-12(11(17)3)14(18)16-15/h4-8H,15H2,1-3H3,(H,16,18). The summed E-state index contributed by atoms with van der Waals surface area (Å²) in [6.45, 7) is 5.95. The molecule has 1 amide bonds. The van der Waals surface area contributed by atoms with Crippen LogP contribution >= 0.6 is 0 Å². The summed E-state index contributed by atoms with van der Waals surface area (Å²) in [5.41, 5.74) is 6.95. The molecule has 0 bridgehead atoms. The quantitative estimate of drug-likeness (QED) is 0.481. The number of benzene rings is 1. The minimum absolute atomic E-state index is 0.261. The van der Waals surface area contributed by atoms with E-state index in [-0.39, 0.29) is 5.91 Å². The first kappa shape index (κ1) is 12.4. The van der Waals surface area contributed by atoms with Gasteiger partial charge in [0.05, 0.1) is 5.56 Å². The average Bonchev–Trinajstić information content (AvgIpc) is 2.65. The van der Waals surface area contributed by atoms with Gasteiger partial charge in [-0.05, 0) is 38.5 Å². The number of rotatable bonds is 2. The second-order valence-electron chi connectivity index (χ2n) is 4.38. The van der Waals surface area contributed by atoms with Gasteiger partial charge >= 0.3 is 0 Å². The summed E-state index contributed by atoms with van der Waals surface area (Å²) in [7, 11) is 0. The number of nitrogens with two attached hydrogens (primary N) is 1. The molecule has 94 valence electrons. The molecule has 2 aromatic rings. The lowest BCUT2D eigenvalue weighted by Crippen LogP contribution is -2.30. The van der Waals surface area contributed by atoms with Gasteiger partial charge in [0.15, 0.2) is 0 Å². The zero-order valence-corrected chi connectivity index (χ0v) is 10.8. The van der Waals surface area contributed by atoms with Crippen LogP contribution in [-0.4, -0.2) is 10.5 Å². The molecule has 4 heteroatoms. The van der Waals surface area contributed by atoms with E-state index < -0.39 is 0 Å². The van der Waals surface area contributed by atoms with Gasteiger partial charge in [-0.3, -0.25) is 10.2 Å². The normalized spacial score (nSPS) is 10.4. The highest BCUT2D eigenvalue weighted by atomic mass is 16.2. The van der Waals surface area contributed by atoms with Crippen molar-refractivity contribution in [2.45, 2.75) is 20.8 Å². The number of aryl methyl sites for hydroxylation is 2. The Morgan fingerprint density at radius 2 is 1.89 bits per heavy atom. The van der Waals surface area contributed by atoms with Gasteiger partial charge in [-0.15, -0.1) is 0 Å². The van der Waals surface area contributed by atoms with Crippen LogP contribution in [0.25, 0.3) is 5.69 Å². The van der Waals surface area contributed by atoms with Crippen molar-refractivity contribution in [3.63, 3.8) is 0 Å². The van der Waals surface area contributed by atoms with Crippen LogP contribution in [0.1, 0.15) is 27.3 Å². The number of nitrogens with one attached hydrogen (secondary N) is 1. The van der Waals surface area contributed by atoms with Crippen molar-refractivity contribution in [3.8, 4) is 5.69 Å². The highest BCUT2D eigenvalue weighted by molar-refractivity contribution is 5.95. The molecule has 18 heavy (non-hydrogen) atoms. The summed E-state index contributed by atoms with van der Waals surface area (Å²) in [6.07, 6.45) is 0. The number of hydrogen-bond donors (Lipinski definition) is 2. The van der Waals surface area contributed by atoms with E-state index in [0.717, 1.165) is 17.1 Å². The number of carbonyl (C=O) groups excluding carboxylic acids is 1. The lowest BCUT2D eigenvalue weighted by Gasteiger charge is -2.12. The predicted molar refractivity (Wildman–Crippen MR) is 71.6 cm³/mol. The van der Waals surface area contributed by atoms with Gasteiger partial charge in [0, 0.05) is 17.1 Å². The molecule has 0 spiro atoms. The Balaban J connectivity index is 2.63. The number of amides is 1. The van der Waals surface area contributed by atoms with E-state index in [1.807, 2.05) is 38.1 Å². The van der Waals surface area contributed by atoms with Crippen LogP contribution in [0.5, 0.6) is 0 Å². The number of nitrogen functional groups attached to an aromatic ring is 1. The van der Waals surface area contributed by atoms with Crippen LogP contribution < -0.4 is 11.3 Å². The minimum atomic E-state index is -0.261. The van der Waals surface area contributed by atoms with Crippen molar-refractivity contribution in [3.05, 3.63) is 52.8 Å². The van der Waals surface area contributed by atoms with Gasteiger partial charge in [0.1, 0.15) is 0 Å². The smallest absolute Gasteiger partial charge is 0.267 e. The lowest BCUT2D eigenvalue weighted by atomic mass is 10.2.